The summed E-state index contributed by atoms with van der Waals surface area (Å²) in [6.45, 7) is 0.472. The fourth-order valence-corrected chi connectivity index (χ4v) is 2.16. The van der Waals surface area contributed by atoms with Gasteiger partial charge in [0.25, 0.3) is 0 Å². The van der Waals surface area contributed by atoms with Gasteiger partial charge < -0.3 is 15.2 Å². The third kappa shape index (κ3) is 2.71. The van der Waals surface area contributed by atoms with Gasteiger partial charge in [0, 0.05) is 13.7 Å². The number of hydrogen-bond donors (Lipinski definition) is 2. The average Bonchev–Trinajstić information content (AvgIpc) is 3.19. The van der Waals surface area contributed by atoms with Crippen molar-refractivity contribution in [1.29, 1.82) is 0 Å². The number of hydrogen-bond acceptors (Lipinski definition) is 3. The highest BCUT2D eigenvalue weighted by molar-refractivity contribution is 5.91. The van der Waals surface area contributed by atoms with Gasteiger partial charge in [-0.1, -0.05) is 30.3 Å². The molecule has 0 radical (unpaired) electrons. The number of carbonyl (C=O) groups is 1. The number of nitrogens with one attached hydrogen (secondary N) is 1. The minimum atomic E-state index is -0.648. The topological polar surface area (TPSA) is 58.6 Å². The number of aliphatic hydroxyl groups excluding tert-OH is 1. The second kappa shape index (κ2) is 5.50. The number of rotatable bonds is 6. The normalized spacial score (nSPS) is 18.1. The molecule has 0 heterocycles. The van der Waals surface area contributed by atoms with Crippen molar-refractivity contribution in [3.63, 3.8) is 0 Å². The van der Waals surface area contributed by atoms with E-state index >= 15 is 0 Å². The Morgan fingerprint density at radius 1 is 1.44 bits per heavy atom. The maximum absolute atomic E-state index is 12.2. The fourth-order valence-electron chi connectivity index (χ4n) is 2.16. The van der Waals surface area contributed by atoms with E-state index in [2.05, 4.69) is 5.32 Å². The van der Waals surface area contributed by atoms with Crippen LogP contribution in [0.25, 0.3) is 0 Å². The number of amides is 1. The predicted molar refractivity (Wildman–Crippen MR) is 68.2 cm³/mol. The molecular formula is C14H19NO3. The molecule has 2 rings (SSSR count). The molecule has 1 aliphatic carbocycles. The lowest BCUT2D eigenvalue weighted by Gasteiger charge is -2.17. The van der Waals surface area contributed by atoms with Crippen LogP contribution in [0.2, 0.25) is 0 Å². The van der Waals surface area contributed by atoms with Crippen LogP contribution >= 0.6 is 0 Å². The molecule has 1 atom stereocenters. The van der Waals surface area contributed by atoms with Gasteiger partial charge in [-0.05, 0) is 18.4 Å². The first kappa shape index (κ1) is 13.1. The van der Waals surface area contributed by atoms with Crippen molar-refractivity contribution < 1.29 is 14.6 Å². The predicted octanol–water partition coefficient (Wildman–Crippen LogP) is 0.842. The Balaban J connectivity index is 1.93. The molecule has 4 nitrogen and oxygen atoms in total. The highest BCUT2D eigenvalue weighted by Crippen LogP contribution is 2.48. The van der Waals surface area contributed by atoms with Crippen molar-refractivity contribution in [1.82, 2.24) is 5.32 Å². The minimum Gasteiger partial charge on any atom is -0.389 e. The van der Waals surface area contributed by atoms with E-state index in [9.17, 15) is 9.90 Å². The second-order valence-electron chi connectivity index (χ2n) is 4.77. The number of ether oxygens (including phenoxy) is 1. The number of aliphatic hydroxyl groups is 1. The van der Waals surface area contributed by atoms with Crippen molar-refractivity contribution in [2.75, 3.05) is 20.3 Å². The molecule has 0 aliphatic heterocycles. The molecule has 1 aromatic rings. The molecule has 1 aliphatic rings. The van der Waals surface area contributed by atoms with Crippen LogP contribution in [0.3, 0.4) is 0 Å². The molecule has 0 bridgehead atoms. The molecule has 1 saturated carbocycles. The smallest absolute Gasteiger partial charge is 0.230 e. The van der Waals surface area contributed by atoms with Gasteiger partial charge in [-0.3, -0.25) is 4.79 Å². The molecule has 0 saturated heterocycles. The molecule has 1 aromatic carbocycles. The highest BCUT2D eigenvalue weighted by atomic mass is 16.5. The molecule has 18 heavy (non-hydrogen) atoms. The van der Waals surface area contributed by atoms with E-state index in [-0.39, 0.29) is 24.5 Å². The first-order valence-electron chi connectivity index (χ1n) is 6.20. The van der Waals surface area contributed by atoms with Gasteiger partial charge in [-0.25, -0.2) is 0 Å². The summed E-state index contributed by atoms with van der Waals surface area (Å²) in [6.07, 6.45) is 1.11. The largest absolute Gasteiger partial charge is 0.389 e. The lowest BCUT2D eigenvalue weighted by Crippen LogP contribution is -2.40. The first-order chi connectivity index (χ1) is 8.69. The Hall–Kier alpha value is -1.39. The average molecular weight is 249 g/mol. The minimum absolute atomic E-state index is 0.00357. The summed E-state index contributed by atoms with van der Waals surface area (Å²) < 4.78 is 4.82. The Bertz CT molecular complexity index is 401. The molecule has 0 spiro atoms. The Labute approximate surface area is 107 Å². The van der Waals surface area contributed by atoms with E-state index in [1.165, 1.54) is 7.11 Å². The number of carbonyl (C=O) groups excluding carboxylic acids is 1. The van der Waals surface area contributed by atoms with Crippen molar-refractivity contribution in [2.24, 2.45) is 0 Å². The van der Waals surface area contributed by atoms with Crippen LogP contribution in [0, 0.1) is 0 Å². The molecular weight excluding hydrogens is 230 g/mol. The molecule has 1 fully saturated rings. The van der Waals surface area contributed by atoms with Gasteiger partial charge in [-0.2, -0.15) is 0 Å². The first-order valence-corrected chi connectivity index (χ1v) is 6.20. The maximum atomic E-state index is 12.2. The van der Waals surface area contributed by atoms with Crippen molar-refractivity contribution in [3.05, 3.63) is 35.9 Å². The van der Waals surface area contributed by atoms with Crippen LogP contribution in [-0.2, 0) is 14.9 Å². The van der Waals surface area contributed by atoms with Crippen LogP contribution in [0.15, 0.2) is 30.3 Å². The zero-order valence-electron chi connectivity index (χ0n) is 10.6. The Kier molecular flexibility index (Phi) is 3.99. The van der Waals surface area contributed by atoms with Gasteiger partial charge in [-0.15, -0.1) is 0 Å². The number of methoxy groups -OCH3 is 1. The third-order valence-electron chi connectivity index (χ3n) is 3.37. The van der Waals surface area contributed by atoms with Gasteiger partial charge in [0.2, 0.25) is 5.91 Å². The lowest BCUT2D eigenvalue weighted by molar-refractivity contribution is -0.124. The van der Waals surface area contributed by atoms with Crippen LogP contribution in [-0.4, -0.2) is 37.4 Å². The Morgan fingerprint density at radius 2 is 2.11 bits per heavy atom. The zero-order valence-corrected chi connectivity index (χ0v) is 10.6. The Morgan fingerprint density at radius 3 is 2.67 bits per heavy atom. The summed E-state index contributed by atoms with van der Waals surface area (Å²) in [5, 5.41) is 12.3. The van der Waals surface area contributed by atoms with E-state index in [4.69, 9.17) is 4.74 Å². The highest BCUT2D eigenvalue weighted by Gasteiger charge is 2.50. The van der Waals surface area contributed by atoms with Crippen molar-refractivity contribution in [2.45, 2.75) is 24.4 Å². The quantitative estimate of drug-likeness (QED) is 0.785. The van der Waals surface area contributed by atoms with Crippen LogP contribution < -0.4 is 5.32 Å². The SMILES string of the molecule is COCC(O)CNC(=O)C1(c2ccccc2)CC1. The number of benzene rings is 1. The van der Waals surface area contributed by atoms with Crippen molar-refractivity contribution >= 4 is 5.91 Å². The molecule has 2 N–H and O–H groups in total. The molecule has 1 unspecified atom stereocenters. The van der Waals surface area contributed by atoms with E-state index in [1.807, 2.05) is 30.3 Å². The summed E-state index contributed by atoms with van der Waals surface area (Å²) in [5.41, 5.74) is 0.692. The van der Waals surface area contributed by atoms with Gasteiger partial charge in [0.05, 0.1) is 18.1 Å². The second-order valence-corrected chi connectivity index (χ2v) is 4.77. The fraction of sp³-hybridized carbons (Fsp3) is 0.500. The van der Waals surface area contributed by atoms with Gasteiger partial charge >= 0.3 is 0 Å². The van der Waals surface area contributed by atoms with Crippen molar-refractivity contribution in [3.8, 4) is 0 Å². The van der Waals surface area contributed by atoms with Crippen LogP contribution in [0.4, 0.5) is 0 Å². The molecule has 98 valence electrons. The lowest BCUT2D eigenvalue weighted by atomic mass is 9.95. The monoisotopic (exact) mass is 249 g/mol. The zero-order chi connectivity index (χ0) is 13.0. The van der Waals surface area contributed by atoms with Crippen LogP contribution in [0.1, 0.15) is 18.4 Å². The summed E-state index contributed by atoms with van der Waals surface area (Å²) >= 11 is 0. The van der Waals surface area contributed by atoms with Crippen LogP contribution in [0.5, 0.6) is 0 Å². The molecule has 4 heteroatoms. The summed E-state index contributed by atoms with van der Waals surface area (Å²) in [4.78, 5) is 12.2. The molecule has 1 amide bonds. The van der Waals surface area contributed by atoms with E-state index < -0.39 is 6.10 Å². The summed E-state index contributed by atoms with van der Waals surface area (Å²) in [6, 6.07) is 9.81. The molecule has 0 aromatic heterocycles. The summed E-state index contributed by atoms with van der Waals surface area (Å²) in [7, 11) is 1.53. The standard InChI is InChI=1S/C14H19NO3/c1-18-10-12(16)9-15-13(17)14(7-8-14)11-5-3-2-4-6-11/h2-6,12,16H,7-10H2,1H3,(H,15,17). The third-order valence-corrected chi connectivity index (χ3v) is 3.37. The van der Waals surface area contributed by atoms with E-state index in [0.29, 0.717) is 0 Å². The van der Waals surface area contributed by atoms with E-state index in [0.717, 1.165) is 18.4 Å². The maximum Gasteiger partial charge on any atom is 0.230 e. The summed E-state index contributed by atoms with van der Waals surface area (Å²) in [5.74, 6) is 0.00357. The van der Waals surface area contributed by atoms with Gasteiger partial charge in [0.1, 0.15) is 0 Å². The van der Waals surface area contributed by atoms with E-state index in [1.54, 1.807) is 0 Å². The van der Waals surface area contributed by atoms with Gasteiger partial charge in [0.15, 0.2) is 0 Å².